The van der Waals surface area contributed by atoms with Crippen molar-refractivity contribution in [1.29, 1.82) is 0 Å². The van der Waals surface area contributed by atoms with Crippen LogP contribution in [0.3, 0.4) is 0 Å². The number of para-hydroxylation sites is 1. The van der Waals surface area contributed by atoms with Crippen LogP contribution in [-0.2, 0) is 0 Å². The molecule has 0 bridgehead atoms. The van der Waals surface area contributed by atoms with E-state index in [1.165, 1.54) is 32.2 Å². The third kappa shape index (κ3) is 3.21. The molecule has 0 saturated heterocycles. The fourth-order valence-electron chi connectivity index (χ4n) is 4.01. The average Bonchev–Trinajstić information content (AvgIpc) is 2.91. The maximum Gasteiger partial charge on any atom is 0.0769 e. The zero-order valence-electron chi connectivity index (χ0n) is 16.1. The zero-order chi connectivity index (χ0) is 19.1. The number of hydrogen-bond donors (Lipinski definition) is 0. The predicted molar refractivity (Wildman–Crippen MR) is 122 cm³/mol. The highest BCUT2D eigenvalue weighted by atomic mass is 32.2. The molecule has 0 spiro atoms. The van der Waals surface area contributed by atoms with Crippen LogP contribution < -0.4 is 0 Å². The fraction of sp³-hybridized carbons (Fsp3) is 0.240. The SMILES string of the molecule is CC(C)c1ccc(C2Sc3ccccc3N=C3c4ccccc4SCC32)cc1. The number of benzene rings is 3. The Labute approximate surface area is 175 Å². The van der Waals surface area contributed by atoms with Crippen LogP contribution in [0, 0.1) is 5.92 Å². The Morgan fingerprint density at radius 3 is 2.36 bits per heavy atom. The van der Waals surface area contributed by atoms with Gasteiger partial charge in [-0.2, -0.15) is 0 Å². The molecule has 1 nitrogen and oxygen atoms in total. The molecule has 3 heteroatoms. The average molecular weight is 402 g/mol. The molecule has 0 aromatic heterocycles. The van der Waals surface area contributed by atoms with Crippen molar-refractivity contribution in [2.45, 2.75) is 34.8 Å². The number of rotatable bonds is 2. The Hall–Kier alpha value is -1.97. The first-order valence-electron chi connectivity index (χ1n) is 9.87. The van der Waals surface area contributed by atoms with E-state index in [1.54, 1.807) is 0 Å². The lowest BCUT2D eigenvalue weighted by molar-refractivity contribution is 0.754. The Balaban J connectivity index is 1.64. The molecular weight excluding hydrogens is 378 g/mol. The van der Waals surface area contributed by atoms with E-state index in [-0.39, 0.29) is 0 Å². The third-order valence-corrected chi connectivity index (χ3v) is 8.24. The highest BCUT2D eigenvalue weighted by molar-refractivity contribution is 8.00. The van der Waals surface area contributed by atoms with Gasteiger partial charge in [-0.25, -0.2) is 0 Å². The zero-order valence-corrected chi connectivity index (χ0v) is 17.8. The topological polar surface area (TPSA) is 12.4 Å². The van der Waals surface area contributed by atoms with Gasteiger partial charge < -0.3 is 0 Å². The highest BCUT2D eigenvalue weighted by Crippen LogP contribution is 2.51. The Bertz CT molecular complexity index is 1040. The fourth-order valence-corrected chi connectivity index (χ4v) is 6.69. The van der Waals surface area contributed by atoms with Crippen molar-refractivity contribution >= 4 is 34.9 Å². The molecular formula is C25H23NS2. The molecule has 0 aliphatic carbocycles. The van der Waals surface area contributed by atoms with Crippen LogP contribution in [0.15, 0.2) is 87.6 Å². The Kier molecular flexibility index (Phi) is 4.82. The van der Waals surface area contributed by atoms with E-state index < -0.39 is 0 Å². The van der Waals surface area contributed by atoms with E-state index in [0.717, 1.165) is 11.4 Å². The lowest BCUT2D eigenvalue weighted by Crippen LogP contribution is -2.27. The summed E-state index contributed by atoms with van der Waals surface area (Å²) in [6, 6.07) is 26.6. The first-order valence-corrected chi connectivity index (χ1v) is 11.7. The van der Waals surface area contributed by atoms with Gasteiger partial charge in [0.25, 0.3) is 0 Å². The Morgan fingerprint density at radius 1 is 0.857 bits per heavy atom. The summed E-state index contributed by atoms with van der Waals surface area (Å²) in [5.41, 5.74) is 6.48. The van der Waals surface area contributed by atoms with Crippen molar-refractivity contribution in [3.63, 3.8) is 0 Å². The molecule has 0 fully saturated rings. The van der Waals surface area contributed by atoms with E-state index in [4.69, 9.17) is 4.99 Å². The molecule has 2 atom stereocenters. The molecule has 140 valence electrons. The molecule has 2 heterocycles. The molecule has 3 aromatic carbocycles. The maximum atomic E-state index is 5.21. The predicted octanol–water partition coefficient (Wildman–Crippen LogP) is 7.50. The third-order valence-electron chi connectivity index (χ3n) is 5.59. The van der Waals surface area contributed by atoms with Crippen molar-refractivity contribution in [3.05, 3.63) is 89.5 Å². The minimum atomic E-state index is 0.379. The molecule has 0 saturated carbocycles. The minimum Gasteiger partial charge on any atom is -0.251 e. The number of aliphatic imine (C=N–C) groups is 1. The summed E-state index contributed by atoms with van der Waals surface area (Å²) in [4.78, 5) is 7.85. The van der Waals surface area contributed by atoms with Gasteiger partial charge >= 0.3 is 0 Å². The van der Waals surface area contributed by atoms with Crippen LogP contribution in [0.25, 0.3) is 0 Å². The maximum absolute atomic E-state index is 5.21. The van der Waals surface area contributed by atoms with Crippen molar-refractivity contribution < 1.29 is 0 Å². The monoisotopic (exact) mass is 401 g/mol. The van der Waals surface area contributed by atoms with Crippen molar-refractivity contribution in [1.82, 2.24) is 0 Å². The molecule has 2 aliphatic heterocycles. The molecule has 0 amide bonds. The number of fused-ring (bicyclic) bond motifs is 4. The van der Waals surface area contributed by atoms with Crippen molar-refractivity contribution in [2.24, 2.45) is 10.9 Å². The quantitative estimate of drug-likeness (QED) is 0.441. The van der Waals surface area contributed by atoms with Crippen LogP contribution >= 0.6 is 23.5 Å². The second-order valence-electron chi connectivity index (χ2n) is 7.74. The van der Waals surface area contributed by atoms with Gasteiger partial charge in [-0.15, -0.1) is 23.5 Å². The Morgan fingerprint density at radius 2 is 1.57 bits per heavy atom. The second kappa shape index (κ2) is 7.46. The largest absolute Gasteiger partial charge is 0.251 e. The molecule has 28 heavy (non-hydrogen) atoms. The summed E-state index contributed by atoms with van der Waals surface area (Å²) in [5, 5.41) is 0.379. The van der Waals surface area contributed by atoms with Gasteiger partial charge in [-0.05, 0) is 35.2 Å². The van der Waals surface area contributed by atoms with Crippen LogP contribution in [0.1, 0.15) is 41.7 Å². The number of nitrogens with zero attached hydrogens (tertiary/aromatic N) is 1. The summed E-state index contributed by atoms with van der Waals surface area (Å²) in [5.74, 6) is 2.04. The summed E-state index contributed by atoms with van der Waals surface area (Å²) >= 11 is 3.95. The van der Waals surface area contributed by atoms with Crippen LogP contribution in [0.4, 0.5) is 5.69 Å². The molecule has 0 N–H and O–H groups in total. The molecule has 2 unspecified atom stereocenters. The van der Waals surface area contributed by atoms with Gasteiger partial charge in [0.05, 0.1) is 11.4 Å². The lowest BCUT2D eigenvalue weighted by Gasteiger charge is -2.31. The smallest absolute Gasteiger partial charge is 0.0769 e. The number of thioether (sulfide) groups is 2. The van der Waals surface area contributed by atoms with Crippen LogP contribution in [0.5, 0.6) is 0 Å². The van der Waals surface area contributed by atoms with Gasteiger partial charge in [-0.1, -0.05) is 68.4 Å². The van der Waals surface area contributed by atoms with Gasteiger partial charge in [0.15, 0.2) is 0 Å². The van der Waals surface area contributed by atoms with E-state index in [9.17, 15) is 0 Å². The van der Waals surface area contributed by atoms with E-state index >= 15 is 0 Å². The van der Waals surface area contributed by atoms with Gasteiger partial charge in [0.2, 0.25) is 0 Å². The molecule has 3 aromatic rings. The summed E-state index contributed by atoms with van der Waals surface area (Å²) in [6.07, 6.45) is 0. The number of hydrogen-bond acceptors (Lipinski definition) is 3. The first kappa shape index (κ1) is 18.1. The van der Waals surface area contributed by atoms with Crippen molar-refractivity contribution in [3.8, 4) is 0 Å². The molecule has 0 radical (unpaired) electrons. The second-order valence-corrected chi connectivity index (χ2v) is 9.98. The highest BCUT2D eigenvalue weighted by Gasteiger charge is 2.36. The van der Waals surface area contributed by atoms with Crippen LogP contribution in [0.2, 0.25) is 0 Å². The minimum absolute atomic E-state index is 0.379. The standard InChI is InChI=1S/C25H23NS2/c1-16(2)17-11-13-18(14-12-17)25-20-15-27-22-9-5-3-7-19(22)24(20)26-21-8-4-6-10-23(21)28-25/h3-14,16,20,25H,15H2,1-2H3. The van der Waals surface area contributed by atoms with Gasteiger partial charge in [0.1, 0.15) is 0 Å². The molecule has 5 rings (SSSR count). The summed E-state index contributed by atoms with van der Waals surface area (Å²) in [6.45, 7) is 4.51. The van der Waals surface area contributed by atoms with Crippen molar-refractivity contribution in [2.75, 3.05) is 5.75 Å². The summed E-state index contributed by atoms with van der Waals surface area (Å²) in [7, 11) is 0. The first-order chi connectivity index (χ1) is 13.7. The van der Waals surface area contributed by atoms with Gasteiger partial charge in [-0.3, -0.25) is 4.99 Å². The van der Waals surface area contributed by atoms with E-state index in [1.807, 2.05) is 23.5 Å². The molecule has 2 aliphatic rings. The summed E-state index contributed by atoms with van der Waals surface area (Å²) < 4.78 is 0. The van der Waals surface area contributed by atoms with Crippen LogP contribution in [-0.4, -0.2) is 11.5 Å². The lowest BCUT2D eigenvalue weighted by atomic mass is 9.89. The van der Waals surface area contributed by atoms with Gasteiger partial charge in [0, 0.05) is 32.3 Å². The van der Waals surface area contributed by atoms with E-state index in [0.29, 0.717) is 17.1 Å². The normalized spacial score (nSPS) is 20.6. The van der Waals surface area contributed by atoms with E-state index in [2.05, 4.69) is 86.6 Å².